The van der Waals surface area contributed by atoms with E-state index in [1.807, 2.05) is 0 Å². The maximum Gasteiger partial charge on any atom is 0.243 e. The van der Waals surface area contributed by atoms with Gasteiger partial charge in [0.15, 0.2) is 11.5 Å². The Morgan fingerprint density at radius 1 is 1.27 bits per heavy atom. The van der Waals surface area contributed by atoms with Crippen LogP contribution in [0.3, 0.4) is 0 Å². The van der Waals surface area contributed by atoms with E-state index in [0.29, 0.717) is 37.4 Å². The highest BCUT2D eigenvalue weighted by molar-refractivity contribution is 7.89. The van der Waals surface area contributed by atoms with E-state index in [-0.39, 0.29) is 23.3 Å². The van der Waals surface area contributed by atoms with E-state index in [0.717, 1.165) is 12.8 Å². The Kier molecular flexibility index (Phi) is 7.28. The van der Waals surface area contributed by atoms with E-state index >= 15 is 0 Å². The molecule has 26 heavy (non-hydrogen) atoms. The SMILES string of the molecule is CCCCNC(=O)C1CCCN(S(=O)(=O)c2ccc(OC)c(OC)c2)C1. The van der Waals surface area contributed by atoms with Gasteiger partial charge in [0.25, 0.3) is 0 Å². The average Bonchev–Trinajstić information content (AvgIpc) is 2.67. The van der Waals surface area contributed by atoms with Crippen molar-refractivity contribution in [1.29, 1.82) is 0 Å². The summed E-state index contributed by atoms with van der Waals surface area (Å²) in [4.78, 5) is 12.4. The Morgan fingerprint density at radius 3 is 2.65 bits per heavy atom. The molecule has 1 saturated heterocycles. The molecule has 1 atom stereocenters. The van der Waals surface area contributed by atoms with Gasteiger partial charge in [0, 0.05) is 25.7 Å². The summed E-state index contributed by atoms with van der Waals surface area (Å²) >= 11 is 0. The maximum absolute atomic E-state index is 13.0. The van der Waals surface area contributed by atoms with Crippen molar-refractivity contribution in [2.24, 2.45) is 5.92 Å². The first-order valence-corrected chi connectivity index (χ1v) is 10.4. The fourth-order valence-corrected chi connectivity index (χ4v) is 4.57. The van der Waals surface area contributed by atoms with Crippen LogP contribution in [0.15, 0.2) is 23.1 Å². The fraction of sp³-hybridized carbons (Fsp3) is 0.611. The molecule has 1 aromatic carbocycles. The Balaban J connectivity index is 2.14. The Labute approximate surface area is 155 Å². The summed E-state index contributed by atoms with van der Waals surface area (Å²) in [5.41, 5.74) is 0. The number of hydrogen-bond donors (Lipinski definition) is 1. The standard InChI is InChI=1S/C18H28N2O5S/c1-4-5-10-19-18(21)14-7-6-11-20(13-14)26(22,23)15-8-9-16(24-2)17(12-15)25-3/h8-9,12,14H,4-7,10-11,13H2,1-3H3,(H,19,21). The third-order valence-electron chi connectivity index (χ3n) is 4.58. The molecule has 146 valence electrons. The van der Waals surface area contributed by atoms with E-state index in [2.05, 4.69) is 12.2 Å². The smallest absolute Gasteiger partial charge is 0.243 e. The van der Waals surface area contributed by atoms with Gasteiger partial charge < -0.3 is 14.8 Å². The van der Waals surface area contributed by atoms with Crippen molar-refractivity contribution < 1.29 is 22.7 Å². The van der Waals surface area contributed by atoms with Crippen LogP contribution in [0.5, 0.6) is 11.5 Å². The minimum atomic E-state index is -3.69. The van der Waals surface area contributed by atoms with E-state index in [1.165, 1.54) is 30.7 Å². The largest absolute Gasteiger partial charge is 0.493 e. The first-order chi connectivity index (χ1) is 12.4. The summed E-state index contributed by atoms with van der Waals surface area (Å²) in [7, 11) is -0.731. The highest BCUT2D eigenvalue weighted by Crippen LogP contribution is 2.32. The molecular formula is C18H28N2O5S. The van der Waals surface area contributed by atoms with Crippen molar-refractivity contribution in [3.8, 4) is 11.5 Å². The molecule has 2 rings (SSSR count). The molecule has 1 fully saturated rings. The van der Waals surface area contributed by atoms with Gasteiger partial charge in [-0.3, -0.25) is 4.79 Å². The number of hydrogen-bond acceptors (Lipinski definition) is 5. The monoisotopic (exact) mass is 384 g/mol. The molecule has 1 aromatic rings. The van der Waals surface area contributed by atoms with Crippen molar-refractivity contribution in [3.05, 3.63) is 18.2 Å². The van der Waals surface area contributed by atoms with E-state index in [9.17, 15) is 13.2 Å². The molecule has 0 aliphatic carbocycles. The van der Waals surface area contributed by atoms with Crippen molar-refractivity contribution in [2.45, 2.75) is 37.5 Å². The first kappa shape index (κ1) is 20.5. The molecule has 0 aromatic heterocycles. The molecule has 0 radical (unpaired) electrons. The molecule has 1 unspecified atom stereocenters. The number of nitrogens with zero attached hydrogens (tertiary/aromatic N) is 1. The minimum Gasteiger partial charge on any atom is -0.493 e. The number of ether oxygens (including phenoxy) is 2. The molecule has 1 aliphatic heterocycles. The number of carbonyl (C=O) groups excluding carboxylic acids is 1. The van der Waals surface area contributed by atoms with Crippen LogP contribution in [0.2, 0.25) is 0 Å². The number of amides is 1. The zero-order chi connectivity index (χ0) is 19.2. The lowest BCUT2D eigenvalue weighted by atomic mass is 9.99. The van der Waals surface area contributed by atoms with Crippen molar-refractivity contribution in [3.63, 3.8) is 0 Å². The number of rotatable bonds is 8. The van der Waals surface area contributed by atoms with Gasteiger partial charge in [-0.05, 0) is 31.4 Å². The lowest BCUT2D eigenvalue weighted by Gasteiger charge is -2.31. The maximum atomic E-state index is 13.0. The second kappa shape index (κ2) is 9.23. The summed E-state index contributed by atoms with van der Waals surface area (Å²) in [6.07, 6.45) is 3.30. The number of sulfonamides is 1. The molecule has 1 N–H and O–H groups in total. The highest BCUT2D eigenvalue weighted by Gasteiger charge is 2.33. The number of nitrogens with one attached hydrogen (secondary N) is 1. The summed E-state index contributed by atoms with van der Waals surface area (Å²) in [5, 5.41) is 2.90. The Hall–Kier alpha value is -1.80. The van der Waals surface area contributed by atoms with Crippen LogP contribution in [0.25, 0.3) is 0 Å². The molecular weight excluding hydrogens is 356 g/mol. The molecule has 0 spiro atoms. The van der Waals surface area contributed by atoms with Gasteiger partial charge in [-0.1, -0.05) is 13.3 Å². The van der Waals surface area contributed by atoms with Gasteiger partial charge in [-0.2, -0.15) is 4.31 Å². The Bertz CT molecular complexity index is 720. The fourth-order valence-electron chi connectivity index (χ4n) is 3.03. The molecule has 1 amide bonds. The minimum absolute atomic E-state index is 0.0642. The molecule has 1 aliphatic rings. The average molecular weight is 384 g/mol. The number of carbonyl (C=O) groups is 1. The van der Waals surface area contributed by atoms with Crippen molar-refractivity contribution >= 4 is 15.9 Å². The van der Waals surface area contributed by atoms with E-state index in [1.54, 1.807) is 6.07 Å². The van der Waals surface area contributed by atoms with Crippen LogP contribution < -0.4 is 14.8 Å². The predicted molar refractivity (Wildman–Crippen MR) is 98.9 cm³/mol. The quantitative estimate of drug-likeness (QED) is 0.693. The molecule has 1 heterocycles. The summed E-state index contributed by atoms with van der Waals surface area (Å²) in [5.74, 6) is 0.457. The van der Waals surface area contributed by atoms with Gasteiger partial charge >= 0.3 is 0 Å². The molecule has 7 nitrogen and oxygen atoms in total. The highest BCUT2D eigenvalue weighted by atomic mass is 32.2. The summed E-state index contributed by atoms with van der Waals surface area (Å²) in [6.45, 7) is 3.31. The summed E-state index contributed by atoms with van der Waals surface area (Å²) in [6, 6.07) is 4.53. The lowest BCUT2D eigenvalue weighted by molar-refractivity contribution is -0.126. The van der Waals surface area contributed by atoms with E-state index < -0.39 is 10.0 Å². The first-order valence-electron chi connectivity index (χ1n) is 8.94. The Morgan fingerprint density at radius 2 is 2.00 bits per heavy atom. The van der Waals surface area contributed by atoms with Gasteiger partial charge in [0.2, 0.25) is 15.9 Å². The summed E-state index contributed by atoms with van der Waals surface area (Å²) < 4.78 is 37.7. The number of benzene rings is 1. The van der Waals surface area contributed by atoms with Crippen LogP contribution in [0.4, 0.5) is 0 Å². The number of unbranched alkanes of at least 4 members (excludes halogenated alkanes) is 1. The molecule has 8 heteroatoms. The van der Waals surface area contributed by atoms with Crippen LogP contribution in [0.1, 0.15) is 32.6 Å². The third kappa shape index (κ3) is 4.67. The van der Waals surface area contributed by atoms with Crippen molar-refractivity contribution in [2.75, 3.05) is 33.9 Å². The second-order valence-electron chi connectivity index (χ2n) is 6.36. The van der Waals surface area contributed by atoms with Crippen LogP contribution in [-0.2, 0) is 14.8 Å². The number of methoxy groups -OCH3 is 2. The van der Waals surface area contributed by atoms with E-state index in [4.69, 9.17) is 9.47 Å². The van der Waals surface area contributed by atoms with Gasteiger partial charge in [0.1, 0.15) is 0 Å². The zero-order valence-corrected chi connectivity index (χ0v) is 16.5. The third-order valence-corrected chi connectivity index (χ3v) is 6.44. The van der Waals surface area contributed by atoms with Gasteiger partial charge in [-0.15, -0.1) is 0 Å². The van der Waals surface area contributed by atoms with Crippen LogP contribution in [-0.4, -0.2) is 52.5 Å². The lowest BCUT2D eigenvalue weighted by Crippen LogP contribution is -2.45. The van der Waals surface area contributed by atoms with Gasteiger partial charge in [-0.25, -0.2) is 8.42 Å². The topological polar surface area (TPSA) is 84.9 Å². The van der Waals surface area contributed by atoms with Gasteiger partial charge in [0.05, 0.1) is 25.0 Å². The number of piperidine rings is 1. The van der Waals surface area contributed by atoms with Crippen molar-refractivity contribution in [1.82, 2.24) is 9.62 Å². The van der Waals surface area contributed by atoms with Crippen LogP contribution >= 0.6 is 0 Å². The molecule has 0 saturated carbocycles. The van der Waals surface area contributed by atoms with Crippen LogP contribution in [0, 0.1) is 5.92 Å². The normalized spacial score (nSPS) is 18.3. The zero-order valence-electron chi connectivity index (χ0n) is 15.7. The molecule has 0 bridgehead atoms. The second-order valence-corrected chi connectivity index (χ2v) is 8.30. The predicted octanol–water partition coefficient (Wildman–Crippen LogP) is 2.02.